The van der Waals surface area contributed by atoms with Gasteiger partial charge >= 0.3 is 0 Å². The van der Waals surface area contributed by atoms with Gasteiger partial charge in [0.2, 0.25) is 0 Å². The van der Waals surface area contributed by atoms with Crippen molar-refractivity contribution in [3.05, 3.63) is 29.8 Å². The molecule has 3 heteroatoms. The van der Waals surface area contributed by atoms with Crippen LogP contribution in [0.4, 0.5) is 5.69 Å². The summed E-state index contributed by atoms with van der Waals surface area (Å²) in [5.74, 6) is 0.854. The van der Waals surface area contributed by atoms with Gasteiger partial charge < -0.3 is 11.1 Å². The Labute approximate surface area is 123 Å². The molecule has 2 rings (SSSR count). The van der Waals surface area contributed by atoms with Crippen LogP contribution in [0.25, 0.3) is 0 Å². The molecule has 112 valence electrons. The van der Waals surface area contributed by atoms with E-state index in [4.69, 9.17) is 5.73 Å². The van der Waals surface area contributed by atoms with Crippen LogP contribution in [0.3, 0.4) is 0 Å². The summed E-state index contributed by atoms with van der Waals surface area (Å²) in [5.41, 5.74) is 8.14. The summed E-state index contributed by atoms with van der Waals surface area (Å²) in [5, 5.41) is 3.45. The molecular weight excluding hydrogens is 246 g/mol. The average molecular weight is 275 g/mol. The number of hydrogen-bond acceptors (Lipinski definition) is 3. The smallest absolute Gasteiger partial charge is 0.0340 e. The fourth-order valence-electron chi connectivity index (χ4n) is 2.92. The van der Waals surface area contributed by atoms with Crippen LogP contribution in [-0.4, -0.2) is 31.1 Å². The number of piperidine rings is 1. The van der Waals surface area contributed by atoms with Gasteiger partial charge in [-0.2, -0.15) is 0 Å². The predicted octanol–water partition coefficient (Wildman–Crippen LogP) is 3.07. The predicted molar refractivity (Wildman–Crippen MR) is 86.9 cm³/mol. The molecule has 1 heterocycles. The molecule has 0 radical (unpaired) electrons. The first kappa shape index (κ1) is 15.3. The maximum atomic E-state index is 5.49. The number of nitrogens with one attached hydrogen (secondary N) is 1. The van der Waals surface area contributed by atoms with Gasteiger partial charge in [0.05, 0.1) is 0 Å². The minimum absolute atomic E-state index is 0.787. The van der Waals surface area contributed by atoms with Crippen LogP contribution in [-0.2, 0) is 6.54 Å². The van der Waals surface area contributed by atoms with Crippen molar-refractivity contribution in [3.63, 3.8) is 0 Å². The summed E-state index contributed by atoms with van der Waals surface area (Å²) in [6.07, 6.45) is 4.98. The summed E-state index contributed by atoms with van der Waals surface area (Å²) >= 11 is 0. The molecule has 1 aromatic carbocycles. The molecular formula is C17H29N3. The van der Waals surface area contributed by atoms with Crippen molar-refractivity contribution in [2.45, 2.75) is 39.2 Å². The van der Waals surface area contributed by atoms with Gasteiger partial charge in [-0.1, -0.05) is 19.1 Å². The van der Waals surface area contributed by atoms with Gasteiger partial charge in [-0.15, -0.1) is 0 Å². The monoisotopic (exact) mass is 275 g/mol. The highest BCUT2D eigenvalue weighted by Gasteiger charge is 2.15. The fourth-order valence-corrected chi connectivity index (χ4v) is 2.92. The van der Waals surface area contributed by atoms with Gasteiger partial charge in [0, 0.05) is 25.3 Å². The van der Waals surface area contributed by atoms with E-state index in [0.29, 0.717) is 0 Å². The molecule has 0 aromatic heterocycles. The molecule has 20 heavy (non-hydrogen) atoms. The fraction of sp³-hybridized carbons (Fsp3) is 0.647. The zero-order chi connectivity index (χ0) is 14.2. The maximum absolute atomic E-state index is 5.49. The number of benzene rings is 1. The second-order valence-electron chi connectivity index (χ2n) is 6.10. The molecule has 1 atom stereocenters. The molecule has 3 nitrogen and oxygen atoms in total. The molecule has 0 spiro atoms. The lowest BCUT2D eigenvalue weighted by atomic mass is 10.00. The van der Waals surface area contributed by atoms with Crippen molar-refractivity contribution >= 4 is 5.69 Å². The Kier molecular flexibility index (Phi) is 6.34. The highest BCUT2D eigenvalue weighted by atomic mass is 15.1. The summed E-state index contributed by atoms with van der Waals surface area (Å²) in [6, 6.07) is 8.91. The van der Waals surface area contributed by atoms with E-state index in [1.165, 1.54) is 37.2 Å². The van der Waals surface area contributed by atoms with Crippen molar-refractivity contribution < 1.29 is 0 Å². The molecule has 1 aliphatic rings. The lowest BCUT2D eigenvalue weighted by Crippen LogP contribution is -2.33. The number of nitrogens with two attached hydrogens (primary N) is 1. The van der Waals surface area contributed by atoms with E-state index in [9.17, 15) is 0 Å². The largest absolute Gasteiger partial charge is 0.385 e. The summed E-state index contributed by atoms with van der Waals surface area (Å²) in [6.45, 7) is 7.76. The van der Waals surface area contributed by atoms with Crippen molar-refractivity contribution in [2.24, 2.45) is 11.7 Å². The van der Waals surface area contributed by atoms with E-state index in [2.05, 4.69) is 41.4 Å². The van der Waals surface area contributed by atoms with Crippen molar-refractivity contribution in [3.8, 4) is 0 Å². The number of hydrogen-bond donors (Lipinski definition) is 2. The van der Waals surface area contributed by atoms with Crippen LogP contribution < -0.4 is 11.1 Å². The van der Waals surface area contributed by atoms with Crippen molar-refractivity contribution in [1.82, 2.24) is 4.90 Å². The standard InChI is InChI=1S/C17H29N3/c1-15-5-4-12-20(13-15)14-16-6-8-17(9-7-16)19-11-3-2-10-18/h6-9,15,19H,2-5,10-14,18H2,1H3. The van der Waals surface area contributed by atoms with Crippen LogP contribution in [0.15, 0.2) is 24.3 Å². The van der Waals surface area contributed by atoms with E-state index in [1.54, 1.807) is 0 Å². The van der Waals surface area contributed by atoms with Gasteiger partial charge in [0.15, 0.2) is 0 Å². The molecule has 1 unspecified atom stereocenters. The lowest BCUT2D eigenvalue weighted by molar-refractivity contribution is 0.176. The highest BCUT2D eigenvalue weighted by molar-refractivity contribution is 5.44. The van der Waals surface area contributed by atoms with Gasteiger partial charge in [0.1, 0.15) is 0 Å². The van der Waals surface area contributed by atoms with Crippen LogP contribution in [0, 0.1) is 5.92 Å². The van der Waals surface area contributed by atoms with Crippen LogP contribution >= 0.6 is 0 Å². The Bertz CT molecular complexity index is 374. The number of unbranched alkanes of at least 4 members (excludes halogenated alkanes) is 1. The van der Waals surface area contributed by atoms with Crippen molar-refractivity contribution in [1.29, 1.82) is 0 Å². The maximum Gasteiger partial charge on any atom is 0.0340 e. The zero-order valence-corrected chi connectivity index (χ0v) is 12.8. The Balaban J connectivity index is 1.76. The van der Waals surface area contributed by atoms with E-state index in [0.717, 1.165) is 38.4 Å². The first-order chi connectivity index (χ1) is 9.78. The summed E-state index contributed by atoms with van der Waals surface area (Å²) < 4.78 is 0. The minimum atomic E-state index is 0.787. The zero-order valence-electron chi connectivity index (χ0n) is 12.8. The average Bonchev–Trinajstić information content (AvgIpc) is 2.45. The minimum Gasteiger partial charge on any atom is -0.385 e. The quantitative estimate of drug-likeness (QED) is 0.751. The first-order valence-corrected chi connectivity index (χ1v) is 8.03. The first-order valence-electron chi connectivity index (χ1n) is 8.03. The Morgan fingerprint density at radius 1 is 1.25 bits per heavy atom. The van der Waals surface area contributed by atoms with Crippen LogP contribution in [0.2, 0.25) is 0 Å². The van der Waals surface area contributed by atoms with Crippen molar-refractivity contribution in [2.75, 3.05) is 31.5 Å². The van der Waals surface area contributed by atoms with Gasteiger partial charge in [-0.25, -0.2) is 0 Å². The topological polar surface area (TPSA) is 41.3 Å². The molecule has 0 bridgehead atoms. The van der Waals surface area contributed by atoms with Crippen LogP contribution in [0.5, 0.6) is 0 Å². The van der Waals surface area contributed by atoms with E-state index in [1.807, 2.05) is 0 Å². The third kappa shape index (κ3) is 5.14. The number of nitrogens with zero attached hydrogens (tertiary/aromatic N) is 1. The molecule has 3 N–H and O–H groups in total. The number of likely N-dealkylation sites (tertiary alicyclic amines) is 1. The molecule has 0 saturated carbocycles. The Hall–Kier alpha value is -1.06. The normalized spacial score (nSPS) is 20.0. The van der Waals surface area contributed by atoms with Gasteiger partial charge in [-0.3, -0.25) is 4.90 Å². The second kappa shape index (κ2) is 8.28. The van der Waals surface area contributed by atoms with Gasteiger partial charge in [-0.05, 0) is 62.4 Å². The Morgan fingerprint density at radius 2 is 2.05 bits per heavy atom. The lowest BCUT2D eigenvalue weighted by Gasteiger charge is -2.30. The Morgan fingerprint density at radius 3 is 2.75 bits per heavy atom. The molecule has 1 aliphatic heterocycles. The third-order valence-electron chi connectivity index (χ3n) is 4.06. The molecule has 1 fully saturated rings. The number of anilines is 1. The van der Waals surface area contributed by atoms with Gasteiger partial charge in [0.25, 0.3) is 0 Å². The summed E-state index contributed by atoms with van der Waals surface area (Å²) in [7, 11) is 0. The highest BCUT2D eigenvalue weighted by Crippen LogP contribution is 2.18. The van der Waals surface area contributed by atoms with Crippen LogP contribution in [0.1, 0.15) is 38.2 Å². The third-order valence-corrected chi connectivity index (χ3v) is 4.06. The molecule has 0 amide bonds. The van der Waals surface area contributed by atoms with E-state index >= 15 is 0 Å². The number of rotatable bonds is 7. The molecule has 1 aromatic rings. The molecule has 1 saturated heterocycles. The molecule has 0 aliphatic carbocycles. The second-order valence-corrected chi connectivity index (χ2v) is 6.10. The SMILES string of the molecule is CC1CCCN(Cc2ccc(NCCCCN)cc2)C1. The van der Waals surface area contributed by atoms with E-state index < -0.39 is 0 Å². The summed E-state index contributed by atoms with van der Waals surface area (Å²) in [4.78, 5) is 2.58. The van der Waals surface area contributed by atoms with E-state index in [-0.39, 0.29) is 0 Å².